The van der Waals surface area contributed by atoms with Gasteiger partial charge < -0.3 is 14.5 Å². The Morgan fingerprint density at radius 1 is 1.06 bits per heavy atom. The van der Waals surface area contributed by atoms with Gasteiger partial charge in [0.1, 0.15) is 17.2 Å². The predicted molar refractivity (Wildman–Crippen MR) is 117 cm³/mol. The van der Waals surface area contributed by atoms with Crippen molar-refractivity contribution in [3.05, 3.63) is 65.5 Å². The fourth-order valence-electron chi connectivity index (χ4n) is 3.69. The van der Waals surface area contributed by atoms with E-state index in [0.29, 0.717) is 41.6 Å². The zero-order valence-corrected chi connectivity index (χ0v) is 18.3. The Morgan fingerprint density at radius 2 is 1.69 bits per heavy atom. The molecule has 2 heterocycles. The van der Waals surface area contributed by atoms with Gasteiger partial charge in [-0.05, 0) is 57.9 Å². The zero-order valence-electron chi connectivity index (χ0n) is 18.3. The van der Waals surface area contributed by atoms with Crippen LogP contribution in [0.2, 0.25) is 0 Å². The Hall–Kier alpha value is -3.68. The SMILES string of the molecule is CC(C)(C)OC(=O)NCCCC(c1nc2ccccc2o1)N1C(=O)c2ccccc2C1=O. The second kappa shape index (κ2) is 8.45. The molecule has 166 valence electrons. The molecule has 1 aliphatic rings. The first-order chi connectivity index (χ1) is 15.2. The van der Waals surface area contributed by atoms with Gasteiger partial charge in [0.25, 0.3) is 11.8 Å². The molecule has 0 spiro atoms. The molecule has 0 saturated heterocycles. The highest BCUT2D eigenvalue weighted by molar-refractivity contribution is 6.21. The topological polar surface area (TPSA) is 102 Å². The second-order valence-electron chi connectivity index (χ2n) is 8.63. The van der Waals surface area contributed by atoms with Gasteiger partial charge in [-0.25, -0.2) is 9.78 Å². The molecule has 32 heavy (non-hydrogen) atoms. The average Bonchev–Trinajstić information content (AvgIpc) is 3.27. The van der Waals surface area contributed by atoms with Crippen molar-refractivity contribution in [2.45, 2.75) is 45.3 Å². The summed E-state index contributed by atoms with van der Waals surface area (Å²) in [6.45, 7) is 5.68. The molecular weight excluding hydrogens is 410 g/mol. The first-order valence-electron chi connectivity index (χ1n) is 10.5. The van der Waals surface area contributed by atoms with Crippen molar-refractivity contribution in [1.29, 1.82) is 0 Å². The molecule has 1 N–H and O–H groups in total. The third-order valence-corrected chi connectivity index (χ3v) is 5.06. The molecule has 0 fully saturated rings. The lowest BCUT2D eigenvalue weighted by molar-refractivity contribution is 0.0503. The quantitative estimate of drug-likeness (QED) is 0.453. The van der Waals surface area contributed by atoms with Crippen molar-refractivity contribution >= 4 is 29.0 Å². The number of nitrogens with zero attached hydrogens (tertiary/aromatic N) is 2. The average molecular weight is 435 g/mol. The number of aromatic nitrogens is 1. The summed E-state index contributed by atoms with van der Waals surface area (Å²) in [5.74, 6) is -0.464. The maximum atomic E-state index is 13.1. The van der Waals surface area contributed by atoms with Gasteiger partial charge in [-0.2, -0.15) is 0 Å². The Balaban J connectivity index is 1.55. The Labute approximate surface area is 185 Å². The lowest BCUT2D eigenvalue weighted by Crippen LogP contribution is -2.36. The van der Waals surface area contributed by atoms with E-state index in [0.717, 1.165) is 0 Å². The van der Waals surface area contributed by atoms with Crippen molar-refractivity contribution < 1.29 is 23.5 Å². The first-order valence-corrected chi connectivity index (χ1v) is 10.5. The number of para-hydroxylation sites is 2. The van der Waals surface area contributed by atoms with Crippen LogP contribution >= 0.6 is 0 Å². The Bertz CT molecular complexity index is 1110. The van der Waals surface area contributed by atoms with Crippen LogP contribution in [0.4, 0.5) is 4.79 Å². The molecule has 1 atom stereocenters. The summed E-state index contributed by atoms with van der Waals surface area (Å²) in [6.07, 6.45) is 0.334. The summed E-state index contributed by atoms with van der Waals surface area (Å²) in [4.78, 5) is 43.8. The van der Waals surface area contributed by atoms with Crippen LogP contribution in [0, 0.1) is 0 Å². The minimum absolute atomic E-state index is 0.290. The molecule has 8 nitrogen and oxygen atoms in total. The molecule has 3 aromatic rings. The highest BCUT2D eigenvalue weighted by Gasteiger charge is 2.42. The van der Waals surface area contributed by atoms with Gasteiger partial charge in [0, 0.05) is 6.54 Å². The molecule has 1 aromatic heterocycles. The van der Waals surface area contributed by atoms with E-state index in [1.54, 1.807) is 51.1 Å². The largest absolute Gasteiger partial charge is 0.444 e. The van der Waals surface area contributed by atoms with Crippen LogP contribution in [0.25, 0.3) is 11.1 Å². The summed E-state index contributed by atoms with van der Waals surface area (Å²) in [5, 5.41) is 2.70. The summed E-state index contributed by atoms with van der Waals surface area (Å²) in [7, 11) is 0. The molecule has 0 aliphatic carbocycles. The van der Waals surface area contributed by atoms with Gasteiger partial charge in [0.2, 0.25) is 5.89 Å². The third kappa shape index (κ3) is 4.34. The summed E-state index contributed by atoms with van der Waals surface area (Å²) >= 11 is 0. The molecule has 8 heteroatoms. The molecule has 4 rings (SSSR count). The standard InChI is InChI=1S/C24H25N3O5/c1-24(2,3)32-23(30)25-14-8-12-18(20-26-17-11-6-7-13-19(17)31-20)27-21(28)15-9-4-5-10-16(15)22(27)29/h4-7,9-11,13,18H,8,12,14H2,1-3H3,(H,25,30). The summed E-state index contributed by atoms with van der Waals surface area (Å²) in [6, 6.07) is 13.3. The van der Waals surface area contributed by atoms with Crippen LogP contribution in [0.1, 0.15) is 66.3 Å². The van der Waals surface area contributed by atoms with E-state index in [1.807, 2.05) is 18.2 Å². The van der Waals surface area contributed by atoms with Crippen LogP contribution in [-0.2, 0) is 4.74 Å². The smallest absolute Gasteiger partial charge is 0.407 e. The number of carbonyl (C=O) groups excluding carboxylic acids is 3. The van der Waals surface area contributed by atoms with Gasteiger partial charge in [-0.15, -0.1) is 0 Å². The van der Waals surface area contributed by atoms with Crippen molar-refractivity contribution in [2.75, 3.05) is 6.54 Å². The number of carbonyl (C=O) groups is 3. The van der Waals surface area contributed by atoms with E-state index >= 15 is 0 Å². The van der Waals surface area contributed by atoms with Gasteiger partial charge in [0.05, 0.1) is 11.1 Å². The van der Waals surface area contributed by atoms with Crippen molar-refractivity contribution in [3.8, 4) is 0 Å². The highest BCUT2D eigenvalue weighted by atomic mass is 16.6. The van der Waals surface area contributed by atoms with Crippen LogP contribution in [-0.4, -0.2) is 39.9 Å². The van der Waals surface area contributed by atoms with E-state index in [-0.39, 0.29) is 17.7 Å². The zero-order chi connectivity index (χ0) is 22.9. The molecule has 1 aliphatic heterocycles. The Morgan fingerprint density at radius 3 is 2.31 bits per heavy atom. The molecular formula is C24H25N3O5. The lowest BCUT2D eigenvalue weighted by Gasteiger charge is -2.24. The Kier molecular flexibility index (Phi) is 5.69. The van der Waals surface area contributed by atoms with Gasteiger partial charge in [-0.3, -0.25) is 14.5 Å². The third-order valence-electron chi connectivity index (χ3n) is 5.06. The monoisotopic (exact) mass is 435 g/mol. The van der Waals surface area contributed by atoms with Crippen LogP contribution in [0.15, 0.2) is 52.9 Å². The van der Waals surface area contributed by atoms with E-state index in [9.17, 15) is 14.4 Å². The number of fused-ring (bicyclic) bond motifs is 2. The van der Waals surface area contributed by atoms with E-state index in [1.165, 1.54) is 4.90 Å². The molecule has 2 aromatic carbocycles. The predicted octanol–water partition coefficient (Wildman–Crippen LogP) is 4.47. The summed E-state index contributed by atoms with van der Waals surface area (Å²) in [5.41, 5.74) is 1.37. The number of rotatable bonds is 6. The molecule has 1 unspecified atom stereocenters. The normalized spacial score (nSPS) is 14.5. The molecule has 0 saturated carbocycles. The number of hydrogen-bond acceptors (Lipinski definition) is 6. The summed E-state index contributed by atoms with van der Waals surface area (Å²) < 4.78 is 11.2. The van der Waals surface area contributed by atoms with E-state index in [4.69, 9.17) is 9.15 Å². The van der Waals surface area contributed by atoms with Gasteiger partial charge >= 0.3 is 6.09 Å². The second-order valence-corrected chi connectivity index (χ2v) is 8.63. The number of ether oxygens (including phenoxy) is 1. The number of hydrogen-bond donors (Lipinski definition) is 1. The maximum absolute atomic E-state index is 13.1. The number of oxazole rings is 1. The van der Waals surface area contributed by atoms with Crippen molar-refractivity contribution in [3.63, 3.8) is 0 Å². The van der Waals surface area contributed by atoms with Crippen LogP contribution in [0.3, 0.4) is 0 Å². The van der Waals surface area contributed by atoms with E-state index in [2.05, 4.69) is 10.3 Å². The number of imide groups is 1. The number of amides is 3. The fraction of sp³-hybridized carbons (Fsp3) is 0.333. The van der Waals surface area contributed by atoms with Crippen LogP contribution in [0.5, 0.6) is 0 Å². The number of nitrogens with one attached hydrogen (secondary N) is 1. The molecule has 0 bridgehead atoms. The van der Waals surface area contributed by atoms with E-state index < -0.39 is 17.7 Å². The first kappa shape index (κ1) is 21.5. The maximum Gasteiger partial charge on any atom is 0.407 e. The van der Waals surface area contributed by atoms with Crippen molar-refractivity contribution in [1.82, 2.24) is 15.2 Å². The number of benzene rings is 2. The highest BCUT2D eigenvalue weighted by Crippen LogP contribution is 2.35. The minimum atomic E-state index is -0.699. The van der Waals surface area contributed by atoms with Gasteiger partial charge in [-0.1, -0.05) is 24.3 Å². The van der Waals surface area contributed by atoms with Gasteiger partial charge in [0.15, 0.2) is 5.58 Å². The van der Waals surface area contributed by atoms with Crippen LogP contribution < -0.4 is 5.32 Å². The lowest BCUT2D eigenvalue weighted by atomic mass is 10.1. The number of alkyl carbamates (subject to hydrolysis) is 1. The van der Waals surface area contributed by atoms with Crippen molar-refractivity contribution in [2.24, 2.45) is 0 Å². The fourth-order valence-corrected chi connectivity index (χ4v) is 3.69. The minimum Gasteiger partial charge on any atom is -0.444 e. The molecule has 3 amide bonds. The molecule has 0 radical (unpaired) electrons.